The molecule has 0 radical (unpaired) electrons. The van der Waals surface area contributed by atoms with Gasteiger partial charge in [-0.05, 0) is 68.3 Å². The summed E-state index contributed by atoms with van der Waals surface area (Å²) in [6, 6.07) is 11.8. The van der Waals surface area contributed by atoms with Gasteiger partial charge in [-0.3, -0.25) is 9.69 Å². The highest BCUT2D eigenvalue weighted by Gasteiger charge is 2.31. The average molecular weight is 474 g/mol. The molecule has 2 aromatic carbocycles. The molecule has 1 saturated heterocycles. The molecule has 2 heterocycles. The second kappa shape index (κ2) is 9.89. The van der Waals surface area contributed by atoms with Crippen LogP contribution in [0.1, 0.15) is 35.4 Å². The topological polar surface area (TPSA) is 75.8 Å². The smallest absolute Gasteiger partial charge is 0.416 e. The first-order valence-corrected chi connectivity index (χ1v) is 11.0. The van der Waals surface area contributed by atoms with Crippen LogP contribution in [-0.4, -0.2) is 40.2 Å². The predicted octanol–water partition coefficient (Wildman–Crippen LogP) is 5.34. The summed E-state index contributed by atoms with van der Waals surface area (Å²) >= 11 is 0. The van der Waals surface area contributed by atoms with Gasteiger partial charge in [0.2, 0.25) is 5.89 Å². The zero-order chi connectivity index (χ0) is 24.3. The number of hydrogen-bond donors (Lipinski definition) is 1. The Morgan fingerprint density at radius 2 is 2.00 bits per heavy atom. The van der Waals surface area contributed by atoms with Crippen molar-refractivity contribution in [3.63, 3.8) is 0 Å². The maximum Gasteiger partial charge on any atom is 0.416 e. The van der Waals surface area contributed by atoms with E-state index in [1.54, 1.807) is 6.92 Å². The normalized spacial score (nSPS) is 16.6. The van der Waals surface area contributed by atoms with Crippen molar-refractivity contribution in [2.24, 2.45) is 0 Å². The Morgan fingerprint density at radius 1 is 1.24 bits per heavy atom. The molecule has 0 amide bonds. The quantitative estimate of drug-likeness (QED) is 0.475. The number of aromatic nitrogens is 1. The summed E-state index contributed by atoms with van der Waals surface area (Å²) in [4.78, 5) is 17.8. The maximum atomic E-state index is 12.8. The van der Waals surface area contributed by atoms with Crippen LogP contribution in [0, 0.1) is 6.92 Å². The monoisotopic (exact) mass is 474 g/mol. The van der Waals surface area contributed by atoms with Crippen molar-refractivity contribution < 1.29 is 32.2 Å². The van der Waals surface area contributed by atoms with E-state index in [-0.39, 0.29) is 5.89 Å². The predicted molar refractivity (Wildman–Crippen MR) is 118 cm³/mol. The van der Waals surface area contributed by atoms with E-state index in [1.807, 2.05) is 29.2 Å². The van der Waals surface area contributed by atoms with Gasteiger partial charge in [-0.15, -0.1) is 0 Å². The molecular formula is C25H25F3N2O4. The third kappa shape index (κ3) is 5.59. The van der Waals surface area contributed by atoms with Gasteiger partial charge in [-0.25, -0.2) is 4.98 Å². The van der Waals surface area contributed by atoms with Crippen LogP contribution in [0.15, 0.2) is 52.9 Å². The lowest BCUT2D eigenvalue weighted by atomic mass is 10.1. The lowest BCUT2D eigenvalue weighted by molar-refractivity contribution is -0.142. The van der Waals surface area contributed by atoms with Crippen molar-refractivity contribution in [3.05, 3.63) is 71.1 Å². The van der Waals surface area contributed by atoms with Crippen molar-refractivity contribution >= 4 is 5.97 Å². The summed E-state index contributed by atoms with van der Waals surface area (Å²) in [6.45, 7) is 3.40. The molecule has 1 fully saturated rings. The lowest BCUT2D eigenvalue weighted by Gasteiger charge is -2.21. The fourth-order valence-corrected chi connectivity index (χ4v) is 4.11. The molecule has 0 aliphatic carbocycles. The SMILES string of the molecule is Cc1oc(-c2ccc(C(F)(F)F)cc2)nc1CCOc1cccc(CN2CCCC2C(=O)O)c1. The molecule has 4 rings (SSSR count). The fourth-order valence-electron chi connectivity index (χ4n) is 4.11. The van der Waals surface area contributed by atoms with Gasteiger partial charge in [0.15, 0.2) is 0 Å². The minimum atomic E-state index is -4.39. The van der Waals surface area contributed by atoms with Gasteiger partial charge in [-0.1, -0.05) is 12.1 Å². The van der Waals surface area contributed by atoms with Crippen molar-refractivity contribution in [2.45, 2.75) is 44.9 Å². The number of rotatable bonds is 8. The number of aryl methyl sites for hydroxylation is 1. The van der Waals surface area contributed by atoms with Gasteiger partial charge < -0.3 is 14.3 Å². The number of aliphatic carboxylic acids is 1. The van der Waals surface area contributed by atoms with Crippen LogP contribution in [0.2, 0.25) is 0 Å². The summed E-state index contributed by atoms with van der Waals surface area (Å²) in [7, 11) is 0. The number of oxazole rings is 1. The van der Waals surface area contributed by atoms with Gasteiger partial charge in [0.1, 0.15) is 17.6 Å². The molecule has 3 aromatic rings. The molecule has 6 nitrogen and oxygen atoms in total. The van der Waals surface area contributed by atoms with E-state index in [9.17, 15) is 23.1 Å². The molecule has 1 unspecified atom stereocenters. The second-order valence-corrected chi connectivity index (χ2v) is 8.31. The third-order valence-corrected chi connectivity index (χ3v) is 5.89. The first kappa shape index (κ1) is 23.8. The average Bonchev–Trinajstić information content (AvgIpc) is 3.40. The zero-order valence-corrected chi connectivity index (χ0v) is 18.6. The fraction of sp³-hybridized carbons (Fsp3) is 0.360. The molecule has 1 aromatic heterocycles. The van der Waals surface area contributed by atoms with Crippen LogP contribution in [0.4, 0.5) is 13.2 Å². The summed E-state index contributed by atoms with van der Waals surface area (Å²) in [5.74, 6) is 0.735. The largest absolute Gasteiger partial charge is 0.493 e. The minimum absolute atomic E-state index is 0.266. The van der Waals surface area contributed by atoms with Crippen LogP contribution in [0.3, 0.4) is 0 Å². The molecule has 9 heteroatoms. The van der Waals surface area contributed by atoms with E-state index in [2.05, 4.69) is 4.98 Å². The van der Waals surface area contributed by atoms with E-state index in [1.165, 1.54) is 12.1 Å². The van der Waals surface area contributed by atoms with Crippen molar-refractivity contribution in [1.82, 2.24) is 9.88 Å². The second-order valence-electron chi connectivity index (χ2n) is 8.31. The number of hydrogen-bond acceptors (Lipinski definition) is 5. The number of carbonyl (C=O) groups is 1. The number of nitrogens with zero attached hydrogens (tertiary/aromatic N) is 2. The lowest BCUT2D eigenvalue weighted by Crippen LogP contribution is -2.35. The Balaban J connectivity index is 1.35. The summed E-state index contributed by atoms with van der Waals surface area (Å²) in [5.41, 5.74) is 1.40. The summed E-state index contributed by atoms with van der Waals surface area (Å²) < 4.78 is 49.8. The van der Waals surface area contributed by atoms with Gasteiger partial charge in [0.05, 0.1) is 17.9 Å². The van der Waals surface area contributed by atoms with Gasteiger partial charge >= 0.3 is 12.1 Å². The van der Waals surface area contributed by atoms with Gasteiger partial charge in [0.25, 0.3) is 0 Å². The molecule has 180 valence electrons. The highest BCUT2D eigenvalue weighted by atomic mass is 19.4. The van der Waals surface area contributed by atoms with E-state index in [0.717, 1.165) is 30.7 Å². The third-order valence-electron chi connectivity index (χ3n) is 5.89. The Morgan fingerprint density at radius 3 is 2.71 bits per heavy atom. The van der Waals surface area contributed by atoms with Crippen LogP contribution in [-0.2, 0) is 23.9 Å². The number of alkyl halides is 3. The van der Waals surface area contributed by atoms with E-state index >= 15 is 0 Å². The van der Waals surface area contributed by atoms with Crippen LogP contribution >= 0.6 is 0 Å². The first-order valence-electron chi connectivity index (χ1n) is 11.0. The Hall–Kier alpha value is -3.33. The number of ether oxygens (including phenoxy) is 1. The Kier molecular flexibility index (Phi) is 6.92. The minimum Gasteiger partial charge on any atom is -0.493 e. The van der Waals surface area contributed by atoms with E-state index in [4.69, 9.17) is 9.15 Å². The van der Waals surface area contributed by atoms with Crippen molar-refractivity contribution in [2.75, 3.05) is 13.2 Å². The molecule has 0 saturated carbocycles. The molecule has 1 atom stereocenters. The van der Waals surface area contributed by atoms with Crippen molar-refractivity contribution in [1.29, 1.82) is 0 Å². The Labute approximate surface area is 195 Å². The van der Waals surface area contributed by atoms with Crippen LogP contribution < -0.4 is 4.74 Å². The highest BCUT2D eigenvalue weighted by molar-refractivity contribution is 5.73. The van der Waals surface area contributed by atoms with E-state index in [0.29, 0.717) is 48.8 Å². The van der Waals surface area contributed by atoms with Gasteiger partial charge in [0, 0.05) is 18.5 Å². The number of carboxylic acids is 1. The number of halogens is 3. The standard InChI is InChI=1S/C25H25F3N2O4/c1-16-21(29-23(34-16)18-7-9-19(10-8-18)25(26,27)28)11-13-33-20-5-2-4-17(14-20)15-30-12-3-6-22(30)24(31)32/h2,4-5,7-10,14,22H,3,6,11-13,15H2,1H3,(H,31,32). The van der Waals surface area contributed by atoms with E-state index < -0.39 is 23.8 Å². The molecule has 0 spiro atoms. The number of carboxylic acid groups (broad SMARTS) is 1. The zero-order valence-electron chi connectivity index (χ0n) is 18.6. The molecule has 34 heavy (non-hydrogen) atoms. The summed E-state index contributed by atoms with van der Waals surface area (Å²) in [5, 5.41) is 9.36. The Bertz CT molecular complexity index is 1140. The number of benzene rings is 2. The molecule has 1 aliphatic heterocycles. The van der Waals surface area contributed by atoms with Gasteiger partial charge in [-0.2, -0.15) is 13.2 Å². The molecule has 1 aliphatic rings. The first-order chi connectivity index (χ1) is 16.2. The van der Waals surface area contributed by atoms with Crippen molar-refractivity contribution in [3.8, 4) is 17.2 Å². The maximum absolute atomic E-state index is 12.8. The van der Waals surface area contributed by atoms with Crippen LogP contribution in [0.25, 0.3) is 11.5 Å². The summed E-state index contributed by atoms with van der Waals surface area (Å²) in [6.07, 6.45) is -2.39. The number of likely N-dealkylation sites (tertiary alicyclic amines) is 1. The van der Waals surface area contributed by atoms with Crippen LogP contribution in [0.5, 0.6) is 5.75 Å². The molecular weight excluding hydrogens is 449 g/mol. The molecule has 0 bridgehead atoms. The highest BCUT2D eigenvalue weighted by Crippen LogP contribution is 2.31. The molecule has 1 N–H and O–H groups in total.